The van der Waals surface area contributed by atoms with Crippen molar-refractivity contribution >= 4 is 15.9 Å². The molecule has 2 rings (SSSR count). The van der Waals surface area contributed by atoms with Crippen LogP contribution >= 0.6 is 15.9 Å². The Hall–Kier alpha value is -0.450. The molecule has 2 nitrogen and oxygen atoms in total. The summed E-state index contributed by atoms with van der Waals surface area (Å²) in [5.41, 5.74) is 0.844. The first kappa shape index (κ1) is 13.0. The first-order chi connectivity index (χ1) is 8.07. The van der Waals surface area contributed by atoms with Crippen molar-refractivity contribution in [2.45, 2.75) is 31.4 Å². The van der Waals surface area contributed by atoms with Crippen molar-refractivity contribution in [2.75, 3.05) is 13.7 Å². The Labute approximate surface area is 110 Å². The van der Waals surface area contributed by atoms with Gasteiger partial charge in [0.1, 0.15) is 5.82 Å². The van der Waals surface area contributed by atoms with E-state index in [0.717, 1.165) is 25.0 Å². The number of likely N-dealkylation sites (N-methyl/N-ethyl adjacent to an activating group) is 1. The highest BCUT2D eigenvalue weighted by atomic mass is 79.9. The summed E-state index contributed by atoms with van der Waals surface area (Å²) < 4.78 is 19.6. The Kier molecular flexibility index (Phi) is 3.85. The van der Waals surface area contributed by atoms with E-state index in [2.05, 4.69) is 28.2 Å². The van der Waals surface area contributed by atoms with E-state index >= 15 is 0 Å². The van der Waals surface area contributed by atoms with Crippen LogP contribution in [0.5, 0.6) is 0 Å². The van der Waals surface area contributed by atoms with E-state index in [1.54, 1.807) is 0 Å². The van der Waals surface area contributed by atoms with Crippen LogP contribution in [0.1, 0.15) is 31.4 Å². The molecule has 94 valence electrons. The lowest BCUT2D eigenvalue weighted by molar-refractivity contribution is -0.0105. The van der Waals surface area contributed by atoms with E-state index in [-0.39, 0.29) is 17.5 Å². The highest BCUT2D eigenvalue weighted by molar-refractivity contribution is 9.10. The fraction of sp³-hybridized carbons (Fsp3) is 0.538. The van der Waals surface area contributed by atoms with Gasteiger partial charge in [0.15, 0.2) is 0 Å². The predicted octanol–water partition coefficient (Wildman–Crippen LogP) is 3.42. The van der Waals surface area contributed by atoms with E-state index in [1.807, 2.05) is 19.2 Å². The van der Waals surface area contributed by atoms with E-state index < -0.39 is 0 Å². The monoisotopic (exact) mass is 301 g/mol. The molecule has 2 atom stereocenters. The van der Waals surface area contributed by atoms with Gasteiger partial charge in [0.05, 0.1) is 16.1 Å². The number of hydrogen-bond donors (Lipinski definition) is 1. The van der Waals surface area contributed by atoms with E-state index in [9.17, 15) is 4.39 Å². The highest BCUT2D eigenvalue weighted by Gasteiger charge is 2.38. The Morgan fingerprint density at radius 3 is 2.82 bits per heavy atom. The highest BCUT2D eigenvalue weighted by Crippen LogP contribution is 2.38. The van der Waals surface area contributed by atoms with E-state index in [0.29, 0.717) is 4.47 Å². The van der Waals surface area contributed by atoms with Gasteiger partial charge in [-0.25, -0.2) is 4.39 Å². The summed E-state index contributed by atoms with van der Waals surface area (Å²) in [5.74, 6) is -0.235. The molecule has 1 aromatic carbocycles. The van der Waals surface area contributed by atoms with Crippen LogP contribution < -0.4 is 5.32 Å². The summed E-state index contributed by atoms with van der Waals surface area (Å²) in [7, 11) is 1.91. The van der Waals surface area contributed by atoms with Crippen molar-refractivity contribution in [1.29, 1.82) is 0 Å². The van der Waals surface area contributed by atoms with Gasteiger partial charge < -0.3 is 10.1 Å². The number of nitrogens with one attached hydrogen (secondary N) is 1. The fourth-order valence-electron chi connectivity index (χ4n) is 2.54. The van der Waals surface area contributed by atoms with Gasteiger partial charge in [-0.2, -0.15) is 0 Å². The quantitative estimate of drug-likeness (QED) is 0.924. The maximum atomic E-state index is 13.2. The van der Waals surface area contributed by atoms with Gasteiger partial charge in [-0.1, -0.05) is 6.07 Å². The molecule has 0 saturated carbocycles. The van der Waals surface area contributed by atoms with Crippen molar-refractivity contribution in [1.82, 2.24) is 5.32 Å². The molecule has 2 unspecified atom stereocenters. The minimum absolute atomic E-state index is 0.0851. The second kappa shape index (κ2) is 5.04. The zero-order chi connectivity index (χ0) is 12.5. The summed E-state index contributed by atoms with van der Waals surface area (Å²) in [5, 5.41) is 3.28. The fourth-order valence-corrected chi connectivity index (χ4v) is 2.94. The maximum Gasteiger partial charge on any atom is 0.137 e. The first-order valence-electron chi connectivity index (χ1n) is 5.83. The van der Waals surface area contributed by atoms with Crippen molar-refractivity contribution in [3.05, 3.63) is 34.1 Å². The van der Waals surface area contributed by atoms with E-state index in [1.165, 1.54) is 6.07 Å². The second-order valence-corrected chi connectivity index (χ2v) is 5.51. The molecule has 0 aliphatic carbocycles. The number of rotatable bonds is 3. The van der Waals surface area contributed by atoms with Crippen LogP contribution in [-0.2, 0) is 4.74 Å². The molecule has 1 N–H and O–H groups in total. The van der Waals surface area contributed by atoms with Gasteiger partial charge in [-0.05, 0) is 60.4 Å². The number of ether oxygens (including phenoxy) is 1. The van der Waals surface area contributed by atoms with Gasteiger partial charge in [0.25, 0.3) is 0 Å². The molecule has 0 aromatic heterocycles. The number of hydrogen-bond acceptors (Lipinski definition) is 2. The normalized spacial score (nSPS) is 26.1. The minimum atomic E-state index is -0.235. The molecule has 1 fully saturated rings. The Morgan fingerprint density at radius 1 is 1.53 bits per heavy atom. The van der Waals surface area contributed by atoms with Crippen LogP contribution in [0.15, 0.2) is 22.7 Å². The lowest BCUT2D eigenvalue weighted by Gasteiger charge is -2.33. The third-order valence-corrected chi connectivity index (χ3v) is 4.03. The van der Waals surface area contributed by atoms with Gasteiger partial charge in [0.2, 0.25) is 0 Å². The van der Waals surface area contributed by atoms with Gasteiger partial charge >= 0.3 is 0 Å². The summed E-state index contributed by atoms with van der Waals surface area (Å²) in [6, 6.07) is 5.21. The van der Waals surface area contributed by atoms with Gasteiger partial charge in [0, 0.05) is 6.61 Å². The molecule has 0 radical (unpaired) electrons. The minimum Gasteiger partial charge on any atom is -0.373 e. The average molecular weight is 302 g/mol. The molecule has 0 amide bonds. The standard InChI is InChI=1S/C13H17BrFNO/c1-13(6-3-7-17-13)12(16-2)9-4-5-11(15)10(14)8-9/h4-5,8,12,16H,3,6-7H2,1-2H3. The summed E-state index contributed by atoms with van der Waals surface area (Å²) >= 11 is 3.23. The van der Waals surface area contributed by atoms with Gasteiger partial charge in [-0.3, -0.25) is 0 Å². The topological polar surface area (TPSA) is 21.3 Å². The van der Waals surface area contributed by atoms with E-state index in [4.69, 9.17) is 4.74 Å². The van der Waals surface area contributed by atoms with Crippen molar-refractivity contribution in [3.8, 4) is 0 Å². The lowest BCUT2D eigenvalue weighted by atomic mass is 9.88. The largest absolute Gasteiger partial charge is 0.373 e. The zero-order valence-electron chi connectivity index (χ0n) is 10.1. The van der Waals surface area contributed by atoms with Crippen LogP contribution in [0.25, 0.3) is 0 Å². The summed E-state index contributed by atoms with van der Waals surface area (Å²) in [6.45, 7) is 2.91. The van der Waals surface area contributed by atoms with Crippen LogP contribution in [0.3, 0.4) is 0 Å². The summed E-state index contributed by atoms with van der Waals surface area (Å²) in [6.07, 6.45) is 2.10. The average Bonchev–Trinajstić information content (AvgIpc) is 2.72. The Bertz CT molecular complexity index is 404. The third kappa shape index (κ3) is 2.54. The molecule has 1 aliphatic heterocycles. The Morgan fingerprint density at radius 2 is 2.29 bits per heavy atom. The number of benzene rings is 1. The number of halogens is 2. The van der Waals surface area contributed by atoms with Crippen molar-refractivity contribution in [3.63, 3.8) is 0 Å². The lowest BCUT2D eigenvalue weighted by Crippen LogP contribution is -2.39. The van der Waals surface area contributed by atoms with Crippen LogP contribution in [-0.4, -0.2) is 19.3 Å². The molecule has 17 heavy (non-hydrogen) atoms. The summed E-state index contributed by atoms with van der Waals surface area (Å²) in [4.78, 5) is 0. The molecule has 1 aliphatic rings. The maximum absolute atomic E-state index is 13.2. The van der Waals surface area contributed by atoms with Crippen LogP contribution in [0, 0.1) is 5.82 Å². The molecular weight excluding hydrogens is 285 g/mol. The van der Waals surface area contributed by atoms with Crippen molar-refractivity contribution < 1.29 is 9.13 Å². The molecule has 0 spiro atoms. The van der Waals surface area contributed by atoms with Crippen LogP contribution in [0.4, 0.5) is 4.39 Å². The molecule has 1 aromatic rings. The first-order valence-corrected chi connectivity index (χ1v) is 6.62. The zero-order valence-corrected chi connectivity index (χ0v) is 11.7. The molecular formula is C13H17BrFNO. The SMILES string of the molecule is CNC(c1ccc(F)c(Br)c1)C1(C)CCCO1. The predicted molar refractivity (Wildman–Crippen MR) is 69.5 cm³/mol. The second-order valence-electron chi connectivity index (χ2n) is 4.66. The molecule has 1 saturated heterocycles. The third-order valence-electron chi connectivity index (χ3n) is 3.43. The molecule has 4 heteroatoms. The van der Waals surface area contributed by atoms with Crippen molar-refractivity contribution in [2.24, 2.45) is 0 Å². The van der Waals surface area contributed by atoms with Crippen LogP contribution in [0.2, 0.25) is 0 Å². The molecule has 1 heterocycles. The Balaban J connectivity index is 2.31. The smallest absolute Gasteiger partial charge is 0.137 e. The molecule has 0 bridgehead atoms. The van der Waals surface area contributed by atoms with Gasteiger partial charge in [-0.15, -0.1) is 0 Å².